The third-order valence-corrected chi connectivity index (χ3v) is 4.93. The number of aromatic nitrogens is 1. The van der Waals surface area contributed by atoms with E-state index < -0.39 is 0 Å². The van der Waals surface area contributed by atoms with E-state index in [9.17, 15) is 9.59 Å². The van der Waals surface area contributed by atoms with Crippen molar-refractivity contribution in [2.45, 2.75) is 39.7 Å². The second-order valence-corrected chi connectivity index (χ2v) is 7.37. The van der Waals surface area contributed by atoms with Gasteiger partial charge in [0, 0.05) is 36.2 Å². The summed E-state index contributed by atoms with van der Waals surface area (Å²) in [6, 6.07) is 10.3. The van der Waals surface area contributed by atoms with Gasteiger partial charge in [-0.05, 0) is 63.5 Å². The van der Waals surface area contributed by atoms with Gasteiger partial charge in [0.2, 0.25) is 11.8 Å². The van der Waals surface area contributed by atoms with Gasteiger partial charge in [-0.1, -0.05) is 17.7 Å². The molecule has 142 valence electrons. The summed E-state index contributed by atoms with van der Waals surface area (Å²) in [7, 11) is 1.63. The van der Waals surface area contributed by atoms with Crippen LogP contribution in [0, 0.1) is 20.8 Å². The summed E-state index contributed by atoms with van der Waals surface area (Å²) in [5, 5.41) is 2.81. The van der Waals surface area contributed by atoms with Gasteiger partial charge in [-0.25, -0.2) is 0 Å². The van der Waals surface area contributed by atoms with Crippen LogP contribution in [0.4, 0.5) is 5.69 Å². The van der Waals surface area contributed by atoms with E-state index in [2.05, 4.69) is 29.8 Å². The first-order valence-electron chi connectivity index (χ1n) is 9.33. The molecule has 0 saturated heterocycles. The van der Waals surface area contributed by atoms with Crippen LogP contribution in [0.2, 0.25) is 0 Å². The molecule has 0 radical (unpaired) electrons. The van der Waals surface area contributed by atoms with E-state index >= 15 is 0 Å². The van der Waals surface area contributed by atoms with Crippen LogP contribution >= 0.6 is 0 Å². The minimum Gasteiger partial charge on any atom is -0.346 e. The van der Waals surface area contributed by atoms with Gasteiger partial charge in [0.15, 0.2) is 0 Å². The second kappa shape index (κ2) is 7.82. The van der Waals surface area contributed by atoms with Crippen molar-refractivity contribution in [3.63, 3.8) is 0 Å². The monoisotopic (exact) mass is 365 g/mol. The Morgan fingerprint density at radius 2 is 1.85 bits per heavy atom. The van der Waals surface area contributed by atoms with Crippen molar-refractivity contribution in [1.29, 1.82) is 0 Å². The van der Waals surface area contributed by atoms with Gasteiger partial charge < -0.3 is 14.8 Å². The summed E-state index contributed by atoms with van der Waals surface area (Å²) in [6.45, 7) is 6.20. The highest BCUT2D eigenvalue weighted by atomic mass is 16.2. The van der Waals surface area contributed by atoms with Gasteiger partial charge in [-0.2, -0.15) is 0 Å². The lowest BCUT2D eigenvalue weighted by Crippen LogP contribution is -2.33. The van der Waals surface area contributed by atoms with Crippen LogP contribution in [-0.2, 0) is 9.59 Å². The molecule has 1 aliphatic carbocycles. The quantitative estimate of drug-likeness (QED) is 0.791. The number of benzene rings is 1. The molecule has 0 spiro atoms. The Kier molecular flexibility index (Phi) is 5.49. The Morgan fingerprint density at radius 3 is 2.48 bits per heavy atom. The second-order valence-electron chi connectivity index (χ2n) is 7.37. The average molecular weight is 365 g/mol. The van der Waals surface area contributed by atoms with E-state index in [1.165, 1.54) is 35.2 Å². The van der Waals surface area contributed by atoms with Gasteiger partial charge in [-0.3, -0.25) is 9.59 Å². The van der Waals surface area contributed by atoms with Crippen LogP contribution in [0.3, 0.4) is 0 Å². The molecule has 1 saturated carbocycles. The fraction of sp³-hybridized carbons (Fsp3) is 0.364. The first kappa shape index (κ1) is 19.0. The predicted molar refractivity (Wildman–Crippen MR) is 109 cm³/mol. The lowest BCUT2D eigenvalue weighted by Gasteiger charge is -2.15. The van der Waals surface area contributed by atoms with Crippen molar-refractivity contribution in [3.8, 4) is 0 Å². The highest BCUT2D eigenvalue weighted by Crippen LogP contribution is 2.38. The summed E-state index contributed by atoms with van der Waals surface area (Å²) >= 11 is 0. The van der Waals surface area contributed by atoms with Crippen molar-refractivity contribution >= 4 is 23.6 Å². The number of carbonyl (C=O) groups is 2. The number of rotatable bonds is 6. The molecule has 2 aromatic rings. The third-order valence-electron chi connectivity index (χ3n) is 4.93. The summed E-state index contributed by atoms with van der Waals surface area (Å²) in [4.78, 5) is 25.9. The molecule has 0 unspecified atom stereocenters. The number of nitrogens with zero attached hydrogens (tertiary/aromatic N) is 2. The van der Waals surface area contributed by atoms with Crippen LogP contribution in [0.25, 0.3) is 6.08 Å². The van der Waals surface area contributed by atoms with E-state index in [0.717, 1.165) is 16.8 Å². The van der Waals surface area contributed by atoms with Gasteiger partial charge >= 0.3 is 0 Å². The van der Waals surface area contributed by atoms with Crippen LogP contribution in [0.5, 0.6) is 0 Å². The smallest absolute Gasteiger partial charge is 0.246 e. The SMILES string of the molecule is Cc1ccc(NC(=O)CN(C)C(=O)/C=C/c2cc(C)n(C3CC3)c2C)cc1. The minimum absolute atomic E-state index is 0.0120. The zero-order valence-corrected chi connectivity index (χ0v) is 16.5. The molecule has 2 amide bonds. The van der Waals surface area contributed by atoms with Gasteiger partial charge in [0.05, 0.1) is 6.54 Å². The van der Waals surface area contributed by atoms with Gasteiger partial charge in [0.25, 0.3) is 0 Å². The number of anilines is 1. The number of nitrogens with one attached hydrogen (secondary N) is 1. The van der Waals surface area contributed by atoms with Crippen LogP contribution in [0.15, 0.2) is 36.4 Å². The fourth-order valence-corrected chi connectivity index (χ4v) is 3.28. The van der Waals surface area contributed by atoms with E-state index in [0.29, 0.717) is 6.04 Å². The van der Waals surface area contributed by atoms with Crippen LogP contribution in [-0.4, -0.2) is 34.9 Å². The lowest BCUT2D eigenvalue weighted by molar-refractivity contribution is -0.129. The standard InChI is InChI=1S/C22H27N3O2/c1-15-5-8-19(9-6-15)23-21(26)14-24(4)22(27)12-7-18-13-16(2)25(17(18)3)20-10-11-20/h5-9,12-13,20H,10-11,14H2,1-4H3,(H,23,26)/b12-7+. The first-order chi connectivity index (χ1) is 12.8. The number of hydrogen-bond acceptors (Lipinski definition) is 2. The number of likely N-dealkylation sites (N-methyl/N-ethyl adjacent to an activating group) is 1. The summed E-state index contributed by atoms with van der Waals surface area (Å²) in [5.74, 6) is -0.403. The first-order valence-corrected chi connectivity index (χ1v) is 9.33. The molecule has 1 aliphatic rings. The van der Waals surface area contributed by atoms with Crippen molar-refractivity contribution in [3.05, 3.63) is 58.9 Å². The summed E-state index contributed by atoms with van der Waals surface area (Å²) < 4.78 is 2.35. The topological polar surface area (TPSA) is 54.3 Å². The maximum atomic E-state index is 12.4. The van der Waals surface area contributed by atoms with E-state index in [-0.39, 0.29) is 18.4 Å². The summed E-state index contributed by atoms with van der Waals surface area (Å²) in [6.07, 6.45) is 5.85. The van der Waals surface area contributed by atoms with E-state index in [1.54, 1.807) is 7.05 Å². The fourth-order valence-electron chi connectivity index (χ4n) is 3.28. The summed E-state index contributed by atoms with van der Waals surface area (Å²) in [5.41, 5.74) is 5.35. The highest BCUT2D eigenvalue weighted by Gasteiger charge is 2.26. The molecule has 1 aromatic heterocycles. The number of amides is 2. The molecule has 1 N–H and O–H groups in total. The average Bonchev–Trinajstić information content (AvgIpc) is 3.40. The molecule has 1 aromatic carbocycles. The molecular weight excluding hydrogens is 338 g/mol. The lowest BCUT2D eigenvalue weighted by atomic mass is 10.2. The molecule has 0 bridgehead atoms. The van der Waals surface area contributed by atoms with Crippen molar-refractivity contribution in [2.75, 3.05) is 18.9 Å². The molecule has 5 nitrogen and oxygen atoms in total. The maximum absolute atomic E-state index is 12.4. The Morgan fingerprint density at radius 1 is 1.19 bits per heavy atom. The van der Waals surface area contributed by atoms with Gasteiger partial charge in [0.1, 0.15) is 0 Å². The molecule has 0 atom stereocenters. The molecule has 5 heteroatoms. The Balaban J connectivity index is 1.57. The number of aryl methyl sites for hydroxylation is 2. The zero-order chi connectivity index (χ0) is 19.6. The molecule has 27 heavy (non-hydrogen) atoms. The molecule has 3 rings (SSSR count). The molecule has 0 aliphatic heterocycles. The Bertz CT molecular complexity index is 874. The Labute approximate surface area is 160 Å². The van der Waals surface area contributed by atoms with Crippen molar-refractivity contribution in [1.82, 2.24) is 9.47 Å². The normalized spacial score (nSPS) is 13.8. The molecule has 1 fully saturated rings. The minimum atomic E-state index is -0.213. The van der Waals surface area contributed by atoms with Crippen molar-refractivity contribution in [2.24, 2.45) is 0 Å². The largest absolute Gasteiger partial charge is 0.346 e. The van der Waals surface area contributed by atoms with Crippen LogP contribution in [0.1, 0.15) is 41.4 Å². The van der Waals surface area contributed by atoms with E-state index in [4.69, 9.17) is 0 Å². The van der Waals surface area contributed by atoms with Gasteiger partial charge in [-0.15, -0.1) is 0 Å². The highest BCUT2D eigenvalue weighted by molar-refractivity contribution is 5.98. The van der Waals surface area contributed by atoms with Crippen LogP contribution < -0.4 is 5.32 Å². The van der Waals surface area contributed by atoms with Crippen molar-refractivity contribution < 1.29 is 9.59 Å². The number of carbonyl (C=O) groups excluding carboxylic acids is 2. The molecule has 1 heterocycles. The van der Waals surface area contributed by atoms with E-state index in [1.807, 2.05) is 37.3 Å². The predicted octanol–water partition coefficient (Wildman–Crippen LogP) is 3.86. The number of hydrogen-bond donors (Lipinski definition) is 1. The maximum Gasteiger partial charge on any atom is 0.246 e. The third kappa shape index (κ3) is 4.67. The Hall–Kier alpha value is -2.82. The molecular formula is C22H27N3O2. The zero-order valence-electron chi connectivity index (χ0n) is 16.5.